The maximum Gasteiger partial charge on any atom is 0.227 e. The molecule has 0 atom stereocenters. The number of carbonyl (C=O) groups is 1. The maximum absolute atomic E-state index is 11.7. The fraction of sp³-hybridized carbons (Fsp3) is 0.500. The van der Waals surface area contributed by atoms with Crippen molar-refractivity contribution < 1.29 is 9.21 Å². The van der Waals surface area contributed by atoms with Gasteiger partial charge in [-0.3, -0.25) is 14.4 Å². The first-order valence-corrected chi connectivity index (χ1v) is 7.25. The van der Waals surface area contributed by atoms with Crippen LogP contribution in [0.3, 0.4) is 0 Å². The molecule has 4 rings (SSSR count). The molecule has 21 heavy (non-hydrogen) atoms. The predicted octanol–water partition coefficient (Wildman–Crippen LogP) is 1.05. The Bertz CT molecular complexity index is 630. The fourth-order valence-electron chi connectivity index (χ4n) is 2.95. The molecule has 2 aliphatic rings. The highest BCUT2D eigenvalue weighted by Gasteiger charge is 2.30. The van der Waals surface area contributed by atoms with E-state index in [1.807, 2.05) is 15.8 Å². The topological polar surface area (TPSA) is 67.4 Å². The number of oxazole rings is 1. The minimum absolute atomic E-state index is 0.202. The van der Waals surface area contributed by atoms with Gasteiger partial charge >= 0.3 is 0 Å². The zero-order valence-corrected chi connectivity index (χ0v) is 11.7. The van der Waals surface area contributed by atoms with Crippen molar-refractivity contribution in [2.75, 3.05) is 24.5 Å². The molecule has 0 saturated carbocycles. The molecular weight excluding hydrogens is 270 g/mol. The SMILES string of the molecule is O=C1CCCN1c1cnn(C2CN(Cc3ncco3)C2)c1. The molecule has 2 fully saturated rings. The van der Waals surface area contributed by atoms with E-state index in [0.29, 0.717) is 12.5 Å². The molecule has 0 spiro atoms. The highest BCUT2D eigenvalue weighted by Crippen LogP contribution is 2.26. The number of carbonyl (C=O) groups excluding carboxylic acids is 1. The van der Waals surface area contributed by atoms with E-state index in [4.69, 9.17) is 4.42 Å². The van der Waals surface area contributed by atoms with Crippen LogP contribution in [0.15, 0.2) is 29.3 Å². The van der Waals surface area contributed by atoms with Gasteiger partial charge in [0.15, 0.2) is 0 Å². The van der Waals surface area contributed by atoms with Crippen LogP contribution in [0.25, 0.3) is 0 Å². The zero-order valence-electron chi connectivity index (χ0n) is 11.7. The Kier molecular flexibility index (Phi) is 2.99. The number of amides is 1. The third-order valence-corrected chi connectivity index (χ3v) is 4.13. The van der Waals surface area contributed by atoms with Crippen molar-refractivity contribution >= 4 is 11.6 Å². The first-order chi connectivity index (χ1) is 10.3. The molecule has 4 heterocycles. The van der Waals surface area contributed by atoms with Crippen LogP contribution in [-0.4, -0.2) is 45.2 Å². The lowest BCUT2D eigenvalue weighted by molar-refractivity contribution is -0.117. The summed E-state index contributed by atoms with van der Waals surface area (Å²) in [6.07, 6.45) is 8.63. The van der Waals surface area contributed by atoms with Gasteiger partial charge in [0.2, 0.25) is 11.8 Å². The largest absolute Gasteiger partial charge is 0.448 e. The van der Waals surface area contributed by atoms with E-state index in [1.54, 1.807) is 18.7 Å². The van der Waals surface area contributed by atoms with Gasteiger partial charge in [-0.15, -0.1) is 0 Å². The molecule has 1 amide bonds. The molecule has 7 nitrogen and oxygen atoms in total. The van der Waals surface area contributed by atoms with Crippen molar-refractivity contribution in [3.63, 3.8) is 0 Å². The van der Waals surface area contributed by atoms with Crippen LogP contribution in [0, 0.1) is 0 Å². The van der Waals surface area contributed by atoms with Crippen LogP contribution in [0.5, 0.6) is 0 Å². The number of hydrogen-bond donors (Lipinski definition) is 0. The van der Waals surface area contributed by atoms with E-state index < -0.39 is 0 Å². The number of rotatable bonds is 4. The molecule has 0 aromatic carbocycles. The standard InChI is InChI=1S/C14H17N5O2/c20-14-2-1-4-18(14)11-6-16-19(9-11)12-7-17(8-12)10-13-15-3-5-21-13/h3,5-6,9,12H,1-2,4,7-8,10H2. The van der Waals surface area contributed by atoms with Crippen LogP contribution in [0.1, 0.15) is 24.8 Å². The lowest BCUT2D eigenvalue weighted by Crippen LogP contribution is -2.47. The molecule has 0 radical (unpaired) electrons. The predicted molar refractivity (Wildman–Crippen MR) is 74.6 cm³/mol. The first-order valence-electron chi connectivity index (χ1n) is 7.25. The maximum atomic E-state index is 11.7. The third-order valence-electron chi connectivity index (χ3n) is 4.13. The normalized spacial score (nSPS) is 20.2. The molecule has 0 aliphatic carbocycles. The minimum atomic E-state index is 0.202. The monoisotopic (exact) mass is 287 g/mol. The van der Waals surface area contributed by atoms with Gasteiger partial charge in [-0.2, -0.15) is 5.10 Å². The van der Waals surface area contributed by atoms with Gasteiger partial charge in [0.05, 0.1) is 30.7 Å². The Morgan fingerprint density at radius 1 is 1.38 bits per heavy atom. The summed E-state index contributed by atoms with van der Waals surface area (Å²) < 4.78 is 7.21. The van der Waals surface area contributed by atoms with Crippen molar-refractivity contribution in [1.29, 1.82) is 0 Å². The van der Waals surface area contributed by atoms with Crippen LogP contribution >= 0.6 is 0 Å². The summed E-state index contributed by atoms with van der Waals surface area (Å²) in [5.74, 6) is 0.950. The second-order valence-electron chi connectivity index (χ2n) is 5.60. The average molecular weight is 287 g/mol. The van der Waals surface area contributed by atoms with Gasteiger partial charge < -0.3 is 9.32 Å². The molecule has 2 aromatic rings. The summed E-state index contributed by atoms with van der Waals surface area (Å²) in [7, 11) is 0. The van der Waals surface area contributed by atoms with Crippen LogP contribution < -0.4 is 4.90 Å². The Labute approximate surface area is 122 Å². The van der Waals surface area contributed by atoms with Crippen LogP contribution in [0.4, 0.5) is 5.69 Å². The summed E-state index contributed by atoms with van der Waals surface area (Å²) in [4.78, 5) is 19.9. The lowest BCUT2D eigenvalue weighted by atomic mass is 10.1. The number of aromatic nitrogens is 3. The van der Waals surface area contributed by atoms with Gasteiger partial charge in [0.25, 0.3) is 0 Å². The van der Waals surface area contributed by atoms with E-state index in [2.05, 4.69) is 15.0 Å². The smallest absolute Gasteiger partial charge is 0.227 e. The van der Waals surface area contributed by atoms with Crippen molar-refractivity contribution in [3.8, 4) is 0 Å². The molecular formula is C14H17N5O2. The van der Waals surface area contributed by atoms with Crippen LogP contribution in [0.2, 0.25) is 0 Å². The summed E-state index contributed by atoms with van der Waals surface area (Å²) in [6, 6.07) is 0.367. The Hall–Kier alpha value is -2.15. The molecule has 7 heteroatoms. The number of nitrogens with zero attached hydrogens (tertiary/aromatic N) is 5. The van der Waals surface area contributed by atoms with Crippen molar-refractivity contribution in [3.05, 3.63) is 30.7 Å². The van der Waals surface area contributed by atoms with Crippen LogP contribution in [-0.2, 0) is 11.3 Å². The van der Waals surface area contributed by atoms with Crippen molar-refractivity contribution in [2.45, 2.75) is 25.4 Å². The highest BCUT2D eigenvalue weighted by molar-refractivity contribution is 5.95. The Morgan fingerprint density at radius 2 is 2.29 bits per heavy atom. The van der Waals surface area contributed by atoms with E-state index in [9.17, 15) is 4.79 Å². The molecule has 2 aliphatic heterocycles. The average Bonchev–Trinajstić information content (AvgIpc) is 3.14. The molecule has 0 unspecified atom stereocenters. The quantitative estimate of drug-likeness (QED) is 0.841. The van der Waals surface area contributed by atoms with E-state index >= 15 is 0 Å². The van der Waals surface area contributed by atoms with Gasteiger partial charge in [-0.25, -0.2) is 4.98 Å². The summed E-state index contributed by atoms with van der Waals surface area (Å²) in [6.45, 7) is 3.41. The molecule has 0 bridgehead atoms. The third kappa shape index (κ3) is 2.33. The van der Waals surface area contributed by atoms with Crippen molar-refractivity contribution in [2.24, 2.45) is 0 Å². The van der Waals surface area contributed by atoms with Gasteiger partial charge in [0, 0.05) is 32.3 Å². The number of hydrogen-bond acceptors (Lipinski definition) is 5. The Morgan fingerprint density at radius 3 is 3.00 bits per heavy atom. The highest BCUT2D eigenvalue weighted by atomic mass is 16.3. The Balaban J connectivity index is 1.36. The van der Waals surface area contributed by atoms with Gasteiger partial charge in [-0.1, -0.05) is 0 Å². The molecule has 0 N–H and O–H groups in total. The van der Waals surface area contributed by atoms with Gasteiger partial charge in [0.1, 0.15) is 6.26 Å². The summed E-state index contributed by atoms with van der Waals surface area (Å²) in [5, 5.41) is 4.41. The van der Waals surface area contributed by atoms with E-state index in [-0.39, 0.29) is 5.91 Å². The second-order valence-corrected chi connectivity index (χ2v) is 5.60. The number of likely N-dealkylation sites (tertiary alicyclic amines) is 1. The summed E-state index contributed by atoms with van der Waals surface area (Å²) >= 11 is 0. The molecule has 110 valence electrons. The van der Waals surface area contributed by atoms with E-state index in [0.717, 1.165) is 44.2 Å². The zero-order chi connectivity index (χ0) is 14.2. The molecule has 2 aromatic heterocycles. The lowest BCUT2D eigenvalue weighted by Gasteiger charge is -2.38. The van der Waals surface area contributed by atoms with Crippen molar-refractivity contribution in [1.82, 2.24) is 19.7 Å². The molecule has 2 saturated heterocycles. The second kappa shape index (κ2) is 5.00. The number of anilines is 1. The fourth-order valence-corrected chi connectivity index (χ4v) is 2.95. The van der Waals surface area contributed by atoms with Gasteiger partial charge in [-0.05, 0) is 6.42 Å². The summed E-state index contributed by atoms with van der Waals surface area (Å²) in [5.41, 5.74) is 0.920. The minimum Gasteiger partial charge on any atom is -0.448 e. The first kappa shape index (κ1) is 12.6. The van der Waals surface area contributed by atoms with E-state index in [1.165, 1.54) is 0 Å².